The molecule has 6 heteroatoms. The highest BCUT2D eigenvalue weighted by Crippen LogP contribution is 2.36. The van der Waals surface area contributed by atoms with Gasteiger partial charge in [0.2, 0.25) is 0 Å². The average molecular weight is 417 g/mol. The minimum atomic E-state index is -0.627. The molecule has 0 radical (unpaired) electrons. The van der Waals surface area contributed by atoms with Crippen molar-refractivity contribution in [3.63, 3.8) is 0 Å². The molecule has 4 rings (SSSR count). The van der Waals surface area contributed by atoms with Crippen LogP contribution in [-0.2, 0) is 6.42 Å². The maximum Gasteiger partial charge on any atom is 0.257 e. The first-order chi connectivity index (χ1) is 15.0. The van der Waals surface area contributed by atoms with E-state index >= 15 is 0 Å². The van der Waals surface area contributed by atoms with E-state index < -0.39 is 11.2 Å². The molecule has 0 saturated carbocycles. The van der Waals surface area contributed by atoms with Gasteiger partial charge in [-0.1, -0.05) is 24.3 Å². The minimum Gasteiger partial charge on any atom is -0.338 e. The lowest BCUT2D eigenvalue weighted by atomic mass is 9.75. The number of hydrogen-bond acceptors (Lipinski definition) is 3. The van der Waals surface area contributed by atoms with Crippen molar-refractivity contribution in [2.75, 3.05) is 13.1 Å². The molecular formula is C25H21F2N3O. The molecule has 0 unspecified atom stereocenters. The number of likely N-dealkylation sites (tertiary alicyclic amines) is 1. The molecular weight excluding hydrogens is 396 g/mol. The third-order valence-electron chi connectivity index (χ3n) is 5.92. The molecule has 31 heavy (non-hydrogen) atoms. The molecule has 2 heterocycles. The molecule has 1 aliphatic rings. The second kappa shape index (κ2) is 8.65. The number of benzene rings is 2. The molecule has 0 bridgehead atoms. The van der Waals surface area contributed by atoms with Gasteiger partial charge in [-0.15, -0.1) is 0 Å². The molecule has 1 saturated heterocycles. The van der Waals surface area contributed by atoms with Crippen molar-refractivity contribution in [2.45, 2.75) is 19.3 Å². The fourth-order valence-electron chi connectivity index (χ4n) is 4.13. The molecule has 2 aromatic carbocycles. The smallest absolute Gasteiger partial charge is 0.257 e. The lowest BCUT2D eigenvalue weighted by Gasteiger charge is -2.37. The second-order valence-corrected chi connectivity index (χ2v) is 7.89. The molecule has 3 aromatic rings. The van der Waals surface area contributed by atoms with Crippen LogP contribution < -0.4 is 0 Å². The highest BCUT2D eigenvalue weighted by atomic mass is 19.1. The zero-order valence-electron chi connectivity index (χ0n) is 16.9. The molecule has 1 fully saturated rings. The van der Waals surface area contributed by atoms with E-state index in [4.69, 9.17) is 0 Å². The topological polar surface area (TPSA) is 57.0 Å². The van der Waals surface area contributed by atoms with Crippen LogP contribution >= 0.6 is 0 Å². The van der Waals surface area contributed by atoms with Crippen LogP contribution in [0.25, 0.3) is 11.1 Å². The van der Waals surface area contributed by atoms with E-state index in [0.29, 0.717) is 37.9 Å². The summed E-state index contributed by atoms with van der Waals surface area (Å²) in [6, 6.07) is 16.6. The van der Waals surface area contributed by atoms with Crippen molar-refractivity contribution in [3.8, 4) is 17.2 Å². The third-order valence-corrected chi connectivity index (χ3v) is 5.92. The van der Waals surface area contributed by atoms with Crippen LogP contribution in [0.4, 0.5) is 8.78 Å². The van der Waals surface area contributed by atoms with Gasteiger partial charge in [-0.25, -0.2) is 8.78 Å². The first-order valence-corrected chi connectivity index (χ1v) is 10.2. The minimum absolute atomic E-state index is 0.0386. The number of carbonyl (C=O) groups excluding carboxylic acids is 1. The molecule has 0 atom stereocenters. The number of amides is 1. The molecule has 0 N–H and O–H groups in total. The molecule has 0 spiro atoms. The number of nitrogens with zero attached hydrogens (tertiary/aromatic N) is 3. The quantitative estimate of drug-likeness (QED) is 0.599. The average Bonchev–Trinajstić information content (AvgIpc) is 2.81. The summed E-state index contributed by atoms with van der Waals surface area (Å²) < 4.78 is 27.9. The van der Waals surface area contributed by atoms with Crippen LogP contribution in [0, 0.1) is 28.4 Å². The molecule has 0 aliphatic carbocycles. The highest BCUT2D eigenvalue weighted by Gasteiger charge is 2.37. The standard InChI is InChI=1S/C25H21F2N3O/c26-20-6-4-18(5-7-20)16-25(17-28)10-14-30(15-11-25)24(31)23-21(2-1-3-22(23)27)19-8-12-29-13-9-19/h1-9,12-13H,10-11,14-16H2. The van der Waals surface area contributed by atoms with Gasteiger partial charge in [0.1, 0.15) is 11.6 Å². The van der Waals surface area contributed by atoms with Gasteiger partial charge in [0.15, 0.2) is 0 Å². The second-order valence-electron chi connectivity index (χ2n) is 7.89. The van der Waals surface area contributed by atoms with E-state index in [0.717, 1.165) is 11.1 Å². The van der Waals surface area contributed by atoms with E-state index in [1.807, 2.05) is 0 Å². The maximum atomic E-state index is 14.7. The monoisotopic (exact) mass is 417 g/mol. The summed E-state index contributed by atoms with van der Waals surface area (Å²) in [5.74, 6) is -1.26. The Labute approximate surface area is 179 Å². The SMILES string of the molecule is N#CC1(Cc2ccc(F)cc2)CCN(C(=O)c2c(F)cccc2-c2ccncc2)CC1. The van der Waals surface area contributed by atoms with Crippen LogP contribution in [0.15, 0.2) is 67.0 Å². The number of rotatable bonds is 4. The van der Waals surface area contributed by atoms with Crippen molar-refractivity contribution in [2.24, 2.45) is 5.41 Å². The summed E-state index contributed by atoms with van der Waals surface area (Å²) in [6.07, 6.45) is 4.66. The molecule has 1 amide bonds. The Kier molecular flexibility index (Phi) is 5.77. The Bertz CT molecular complexity index is 1120. The van der Waals surface area contributed by atoms with Gasteiger partial charge in [0.05, 0.1) is 17.0 Å². The summed E-state index contributed by atoms with van der Waals surface area (Å²) in [6.45, 7) is 0.718. The van der Waals surface area contributed by atoms with Gasteiger partial charge in [-0.3, -0.25) is 9.78 Å². The fraction of sp³-hybridized carbons (Fsp3) is 0.240. The summed E-state index contributed by atoms with van der Waals surface area (Å²) in [4.78, 5) is 18.9. The lowest BCUT2D eigenvalue weighted by Crippen LogP contribution is -2.44. The maximum absolute atomic E-state index is 14.7. The highest BCUT2D eigenvalue weighted by molar-refractivity contribution is 6.01. The number of pyridine rings is 1. The van der Waals surface area contributed by atoms with Gasteiger partial charge < -0.3 is 4.90 Å². The van der Waals surface area contributed by atoms with Gasteiger partial charge in [0.25, 0.3) is 5.91 Å². The molecule has 156 valence electrons. The fourth-order valence-corrected chi connectivity index (χ4v) is 4.13. The van der Waals surface area contributed by atoms with Crippen molar-refractivity contribution in [1.82, 2.24) is 9.88 Å². The zero-order chi connectivity index (χ0) is 21.8. The third kappa shape index (κ3) is 4.31. The summed E-state index contributed by atoms with van der Waals surface area (Å²) in [5, 5.41) is 9.84. The predicted molar refractivity (Wildman–Crippen MR) is 113 cm³/mol. The first-order valence-electron chi connectivity index (χ1n) is 10.2. The molecule has 1 aromatic heterocycles. The number of halogens is 2. The molecule has 1 aliphatic heterocycles. The number of hydrogen-bond donors (Lipinski definition) is 0. The predicted octanol–water partition coefficient (Wildman–Crippen LogP) is 5.02. The van der Waals surface area contributed by atoms with Gasteiger partial charge >= 0.3 is 0 Å². The zero-order valence-corrected chi connectivity index (χ0v) is 16.9. The van der Waals surface area contributed by atoms with Crippen LogP contribution in [0.1, 0.15) is 28.8 Å². The molecule has 4 nitrogen and oxygen atoms in total. The summed E-state index contributed by atoms with van der Waals surface area (Å²) >= 11 is 0. The van der Waals surface area contributed by atoms with Crippen molar-refractivity contribution in [3.05, 3.63) is 89.8 Å². The van der Waals surface area contributed by atoms with Crippen molar-refractivity contribution < 1.29 is 13.6 Å². The summed E-state index contributed by atoms with van der Waals surface area (Å²) in [7, 11) is 0. The largest absolute Gasteiger partial charge is 0.338 e. The first kappa shape index (κ1) is 20.7. The van der Waals surface area contributed by atoms with E-state index in [-0.39, 0.29) is 17.3 Å². The number of nitriles is 1. The Morgan fingerprint density at radius 2 is 1.71 bits per heavy atom. The van der Waals surface area contributed by atoms with Gasteiger partial charge in [-0.05, 0) is 66.3 Å². The van der Waals surface area contributed by atoms with E-state index in [1.54, 1.807) is 53.7 Å². The number of aromatic nitrogens is 1. The lowest BCUT2D eigenvalue weighted by molar-refractivity contribution is 0.0643. The Morgan fingerprint density at radius 3 is 2.35 bits per heavy atom. The van der Waals surface area contributed by atoms with Gasteiger partial charge in [0, 0.05) is 25.5 Å². The van der Waals surface area contributed by atoms with Crippen LogP contribution in [0.3, 0.4) is 0 Å². The van der Waals surface area contributed by atoms with E-state index in [1.165, 1.54) is 18.2 Å². The number of carbonyl (C=O) groups is 1. The van der Waals surface area contributed by atoms with Crippen molar-refractivity contribution >= 4 is 5.91 Å². The van der Waals surface area contributed by atoms with Gasteiger partial charge in [-0.2, -0.15) is 5.26 Å². The van der Waals surface area contributed by atoms with Crippen LogP contribution in [-0.4, -0.2) is 28.9 Å². The van der Waals surface area contributed by atoms with E-state index in [9.17, 15) is 18.8 Å². The Balaban J connectivity index is 1.54. The van der Waals surface area contributed by atoms with E-state index in [2.05, 4.69) is 11.1 Å². The van der Waals surface area contributed by atoms with Crippen LogP contribution in [0.2, 0.25) is 0 Å². The Hall–Kier alpha value is -3.59. The van der Waals surface area contributed by atoms with Crippen LogP contribution in [0.5, 0.6) is 0 Å². The normalized spacial score (nSPS) is 15.3. The van der Waals surface area contributed by atoms with Crippen molar-refractivity contribution in [1.29, 1.82) is 5.26 Å². The Morgan fingerprint density at radius 1 is 1.03 bits per heavy atom. The number of piperidine rings is 1. The summed E-state index contributed by atoms with van der Waals surface area (Å²) in [5.41, 5.74) is 1.54.